The van der Waals surface area contributed by atoms with Crippen molar-refractivity contribution < 1.29 is 57.1 Å². The molecule has 0 atom stereocenters. The van der Waals surface area contributed by atoms with Crippen LogP contribution in [-0.4, -0.2) is 56.3 Å². The van der Waals surface area contributed by atoms with Gasteiger partial charge in [0, 0.05) is 36.1 Å². The molecule has 0 aromatic heterocycles. The van der Waals surface area contributed by atoms with E-state index in [4.69, 9.17) is 33.2 Å². The molecule has 60 heavy (non-hydrogen) atoms. The van der Waals surface area contributed by atoms with Crippen LogP contribution in [0.25, 0.3) is 0 Å². The second kappa shape index (κ2) is 22.7. The van der Waals surface area contributed by atoms with Gasteiger partial charge in [-0.25, -0.2) is 24.0 Å². The van der Waals surface area contributed by atoms with E-state index in [-0.39, 0.29) is 61.2 Å². The zero-order chi connectivity index (χ0) is 42.5. The van der Waals surface area contributed by atoms with Gasteiger partial charge in [0.1, 0.15) is 35.2 Å². The Labute approximate surface area is 346 Å². The highest BCUT2D eigenvalue weighted by atomic mass is 16.6. The first-order valence-electron chi connectivity index (χ1n) is 18.7. The van der Waals surface area contributed by atoms with Crippen LogP contribution in [-0.2, 0) is 30.4 Å². The van der Waals surface area contributed by atoms with E-state index in [9.17, 15) is 24.0 Å². The lowest BCUT2D eigenvalue weighted by atomic mass is 10.1. The average molecular weight is 809 g/mol. The Balaban J connectivity index is 1.24. The Morgan fingerprint density at radius 3 is 1.53 bits per heavy atom. The molecule has 304 valence electrons. The molecule has 0 aliphatic carbocycles. The minimum absolute atomic E-state index is 0.0109. The van der Waals surface area contributed by atoms with Gasteiger partial charge in [-0.2, -0.15) is 0 Å². The average Bonchev–Trinajstić information content (AvgIpc) is 3.28. The van der Waals surface area contributed by atoms with Crippen LogP contribution in [0.3, 0.4) is 0 Å². The third kappa shape index (κ3) is 13.9. The van der Waals surface area contributed by atoms with Gasteiger partial charge < -0.3 is 33.2 Å². The molecular weight excluding hydrogens is 769 g/mol. The van der Waals surface area contributed by atoms with E-state index in [2.05, 4.69) is 25.0 Å². The molecule has 0 aliphatic heterocycles. The summed E-state index contributed by atoms with van der Waals surface area (Å²) in [5, 5.41) is 0. The molecule has 5 rings (SSSR count). The number of hydrogen-bond donors (Lipinski definition) is 0. The fourth-order valence-corrected chi connectivity index (χ4v) is 5.06. The van der Waals surface area contributed by atoms with Gasteiger partial charge in [0.05, 0.1) is 37.6 Å². The zero-order valence-corrected chi connectivity index (χ0v) is 32.5. The molecule has 0 amide bonds. The van der Waals surface area contributed by atoms with Crippen LogP contribution < -0.4 is 18.9 Å². The van der Waals surface area contributed by atoms with Gasteiger partial charge in [-0.15, -0.1) is 0 Å². The fraction of sp³-hybridized carbons (Fsp3) is 0.146. The zero-order valence-electron chi connectivity index (χ0n) is 32.5. The molecular formula is C48H40O12. The fourth-order valence-electron chi connectivity index (χ4n) is 5.06. The number of carbonyl (C=O) groups is 5. The van der Waals surface area contributed by atoms with Crippen molar-refractivity contribution in [1.29, 1.82) is 0 Å². The first-order valence-corrected chi connectivity index (χ1v) is 18.7. The smallest absolute Gasteiger partial charge is 0.343 e. The van der Waals surface area contributed by atoms with Gasteiger partial charge in [-0.05, 0) is 96.6 Å². The number of ether oxygens (including phenoxy) is 7. The Kier molecular flexibility index (Phi) is 16.4. The van der Waals surface area contributed by atoms with E-state index in [1.54, 1.807) is 36.4 Å². The van der Waals surface area contributed by atoms with Gasteiger partial charge in [0.25, 0.3) is 0 Å². The van der Waals surface area contributed by atoms with Crippen molar-refractivity contribution in [1.82, 2.24) is 0 Å². The molecule has 5 aromatic rings. The topological polar surface area (TPSA) is 150 Å². The normalized spacial score (nSPS) is 10.1. The molecule has 0 bridgehead atoms. The molecule has 0 heterocycles. The summed E-state index contributed by atoms with van der Waals surface area (Å²) >= 11 is 0. The van der Waals surface area contributed by atoms with E-state index in [0.717, 1.165) is 23.3 Å². The van der Waals surface area contributed by atoms with Crippen molar-refractivity contribution in [3.05, 3.63) is 180 Å². The molecule has 5 aromatic carbocycles. The molecule has 0 saturated carbocycles. The number of esters is 5. The summed E-state index contributed by atoms with van der Waals surface area (Å²) < 4.78 is 38.0. The second-order valence-corrected chi connectivity index (χ2v) is 12.5. The molecule has 0 aliphatic rings. The lowest BCUT2D eigenvalue weighted by Gasteiger charge is -2.13. The third-order valence-corrected chi connectivity index (χ3v) is 8.15. The maximum absolute atomic E-state index is 13.6. The Bertz CT molecular complexity index is 2340. The van der Waals surface area contributed by atoms with Crippen LogP contribution in [0.15, 0.2) is 147 Å². The summed E-state index contributed by atoms with van der Waals surface area (Å²) in [6, 6.07) is 33.1. The molecule has 0 spiro atoms. The van der Waals surface area contributed by atoms with Gasteiger partial charge in [0.15, 0.2) is 0 Å². The highest BCUT2D eigenvalue weighted by Gasteiger charge is 2.21. The second-order valence-electron chi connectivity index (χ2n) is 12.5. The molecule has 12 nitrogen and oxygen atoms in total. The van der Waals surface area contributed by atoms with E-state index in [1.165, 1.54) is 42.5 Å². The van der Waals surface area contributed by atoms with Crippen LogP contribution in [0.4, 0.5) is 0 Å². The quantitative estimate of drug-likeness (QED) is 0.0199. The molecule has 0 radical (unpaired) electrons. The van der Waals surface area contributed by atoms with Crippen molar-refractivity contribution in [3.63, 3.8) is 0 Å². The van der Waals surface area contributed by atoms with Crippen molar-refractivity contribution >= 4 is 29.8 Å². The van der Waals surface area contributed by atoms with Crippen molar-refractivity contribution in [3.8, 4) is 34.8 Å². The minimum Gasteiger partial charge on any atom is -0.493 e. The Hall–Kier alpha value is -7.91. The minimum atomic E-state index is -0.841. The summed E-state index contributed by atoms with van der Waals surface area (Å²) in [4.78, 5) is 62.3. The van der Waals surface area contributed by atoms with Gasteiger partial charge in [0.2, 0.25) is 0 Å². The predicted molar refractivity (Wildman–Crippen MR) is 220 cm³/mol. The largest absolute Gasteiger partial charge is 0.493 e. The maximum Gasteiger partial charge on any atom is 0.343 e. The first-order chi connectivity index (χ1) is 29.2. The van der Waals surface area contributed by atoms with Crippen LogP contribution >= 0.6 is 0 Å². The SMILES string of the molecule is C=CC(=O)OCCCOc1ccc(C(=O)Oc2ccc(OC(=O)c3ccc(OCCCOC(=O)C=C)cc3)c(C(=O)OCc3ccc(C#Cc4ccccc4)cc3)c2)cc1. The molecule has 0 unspecified atom stereocenters. The number of benzene rings is 5. The summed E-state index contributed by atoms with van der Waals surface area (Å²) in [5.74, 6) is 3.63. The van der Waals surface area contributed by atoms with Crippen molar-refractivity contribution in [2.45, 2.75) is 19.4 Å². The summed E-state index contributed by atoms with van der Waals surface area (Å²) in [7, 11) is 0. The van der Waals surface area contributed by atoms with Crippen LogP contribution in [0.2, 0.25) is 0 Å². The van der Waals surface area contributed by atoms with Gasteiger partial charge in [-0.1, -0.05) is 55.3 Å². The van der Waals surface area contributed by atoms with Crippen molar-refractivity contribution in [2.75, 3.05) is 26.4 Å². The van der Waals surface area contributed by atoms with E-state index < -0.39 is 29.8 Å². The van der Waals surface area contributed by atoms with Gasteiger partial charge >= 0.3 is 29.8 Å². The van der Waals surface area contributed by atoms with E-state index in [0.29, 0.717) is 29.9 Å². The highest BCUT2D eigenvalue weighted by Crippen LogP contribution is 2.28. The van der Waals surface area contributed by atoms with Crippen LogP contribution in [0, 0.1) is 11.8 Å². The lowest BCUT2D eigenvalue weighted by Crippen LogP contribution is -2.14. The molecule has 0 fully saturated rings. The highest BCUT2D eigenvalue weighted by molar-refractivity contribution is 5.97. The van der Waals surface area contributed by atoms with Crippen LogP contribution in [0.1, 0.15) is 60.6 Å². The molecule has 0 N–H and O–H groups in total. The van der Waals surface area contributed by atoms with Gasteiger partial charge in [-0.3, -0.25) is 0 Å². The Morgan fingerprint density at radius 1 is 0.500 bits per heavy atom. The number of hydrogen-bond acceptors (Lipinski definition) is 12. The van der Waals surface area contributed by atoms with E-state index in [1.807, 2.05) is 42.5 Å². The van der Waals surface area contributed by atoms with Crippen LogP contribution in [0.5, 0.6) is 23.0 Å². The number of rotatable bonds is 19. The summed E-state index contributed by atoms with van der Waals surface area (Å²) in [6.45, 7) is 7.44. The Morgan fingerprint density at radius 2 is 1.00 bits per heavy atom. The summed E-state index contributed by atoms with van der Waals surface area (Å²) in [6.07, 6.45) is 3.06. The standard InChI is InChI=1S/C48H40O12/c1-3-44(49)56-30-8-28-54-39-22-18-37(19-23-39)46(51)59-41-26-27-43(60-47(52)38-20-24-40(25-21-38)55-29-9-31-57-45(50)4-2)42(32-41)48(53)58-33-36-16-14-35(15-17-36)13-12-34-10-6-5-7-11-34/h3-7,10-11,14-27,32H,1-2,8-9,28-31,33H2. The summed E-state index contributed by atoms with van der Waals surface area (Å²) in [5.41, 5.74) is 2.52. The first kappa shape index (κ1) is 43.2. The third-order valence-electron chi connectivity index (χ3n) is 8.15. The molecule has 0 saturated heterocycles. The van der Waals surface area contributed by atoms with Crippen molar-refractivity contribution in [2.24, 2.45) is 0 Å². The monoisotopic (exact) mass is 808 g/mol. The maximum atomic E-state index is 13.6. The molecule has 12 heteroatoms. The predicted octanol–water partition coefficient (Wildman–Crippen LogP) is 7.88. The number of carbonyl (C=O) groups excluding carboxylic acids is 5. The van der Waals surface area contributed by atoms with E-state index >= 15 is 0 Å². The lowest BCUT2D eigenvalue weighted by molar-refractivity contribution is -0.138.